The Morgan fingerprint density at radius 3 is 2.47 bits per heavy atom. The lowest BCUT2D eigenvalue weighted by Gasteiger charge is -2.30. The normalized spacial score (nSPS) is 26.3. The van der Waals surface area contributed by atoms with Crippen molar-refractivity contribution in [1.82, 2.24) is 0 Å². The van der Waals surface area contributed by atoms with Gasteiger partial charge in [-0.3, -0.25) is 0 Å². The Morgan fingerprint density at radius 2 is 1.80 bits per heavy atom. The highest BCUT2D eigenvalue weighted by molar-refractivity contribution is 9.10. The van der Waals surface area contributed by atoms with E-state index in [0.29, 0.717) is 12.1 Å². The summed E-state index contributed by atoms with van der Waals surface area (Å²) in [5, 5.41) is 3.51. The van der Waals surface area contributed by atoms with Crippen LogP contribution in [0, 0.1) is 0 Å². The summed E-state index contributed by atoms with van der Waals surface area (Å²) in [5.41, 5.74) is 7.25. The predicted octanol–water partition coefficient (Wildman–Crippen LogP) is 3.13. The number of halogens is 1. The summed E-state index contributed by atoms with van der Waals surface area (Å²) >= 11 is 3.43. The molecule has 1 aliphatic rings. The third kappa shape index (κ3) is 2.95. The maximum absolute atomic E-state index is 6.08. The summed E-state index contributed by atoms with van der Waals surface area (Å²) in [6.45, 7) is 0. The van der Waals surface area contributed by atoms with Crippen LogP contribution in [0.25, 0.3) is 0 Å². The van der Waals surface area contributed by atoms with Crippen molar-refractivity contribution < 1.29 is 0 Å². The molecule has 3 heteroatoms. The Balaban J connectivity index is 1.98. The minimum absolute atomic E-state index is 0.308. The van der Waals surface area contributed by atoms with Crippen molar-refractivity contribution in [3.8, 4) is 0 Å². The molecule has 0 aromatic heterocycles. The molecule has 15 heavy (non-hydrogen) atoms. The number of nitrogens with one attached hydrogen (secondary N) is 1. The molecule has 0 aliphatic heterocycles. The van der Waals surface area contributed by atoms with Gasteiger partial charge in [-0.15, -0.1) is 0 Å². The van der Waals surface area contributed by atoms with Crippen molar-refractivity contribution in [2.75, 3.05) is 5.32 Å². The SMILES string of the molecule is NC1CCCCC1Nc1ccc(Br)cc1. The second-order valence-electron chi connectivity index (χ2n) is 4.21. The second-order valence-corrected chi connectivity index (χ2v) is 5.12. The molecule has 0 bridgehead atoms. The Kier molecular flexibility index (Phi) is 3.65. The molecular weight excluding hydrogens is 252 g/mol. The van der Waals surface area contributed by atoms with Gasteiger partial charge < -0.3 is 11.1 Å². The van der Waals surface area contributed by atoms with Gasteiger partial charge in [0, 0.05) is 22.2 Å². The van der Waals surface area contributed by atoms with Crippen LogP contribution in [0.15, 0.2) is 28.7 Å². The molecule has 2 rings (SSSR count). The summed E-state index contributed by atoms with van der Waals surface area (Å²) < 4.78 is 1.11. The molecule has 1 fully saturated rings. The highest BCUT2D eigenvalue weighted by Crippen LogP contribution is 2.22. The van der Waals surface area contributed by atoms with E-state index in [1.165, 1.54) is 24.9 Å². The van der Waals surface area contributed by atoms with Crippen LogP contribution >= 0.6 is 15.9 Å². The number of anilines is 1. The number of rotatable bonds is 2. The van der Waals surface area contributed by atoms with E-state index in [4.69, 9.17) is 5.73 Å². The number of hydrogen-bond acceptors (Lipinski definition) is 2. The van der Waals surface area contributed by atoms with Crippen LogP contribution in [0.4, 0.5) is 5.69 Å². The van der Waals surface area contributed by atoms with Crippen molar-refractivity contribution in [3.05, 3.63) is 28.7 Å². The van der Waals surface area contributed by atoms with Crippen molar-refractivity contribution in [2.24, 2.45) is 5.73 Å². The molecule has 3 N–H and O–H groups in total. The molecule has 1 aliphatic carbocycles. The van der Waals surface area contributed by atoms with E-state index >= 15 is 0 Å². The first kappa shape index (κ1) is 11.0. The summed E-state index contributed by atoms with van der Waals surface area (Å²) in [5.74, 6) is 0. The molecule has 0 heterocycles. The molecule has 0 amide bonds. The third-order valence-corrected chi connectivity index (χ3v) is 3.54. The molecule has 2 nitrogen and oxygen atoms in total. The van der Waals surface area contributed by atoms with Gasteiger partial charge in [0.05, 0.1) is 0 Å². The zero-order valence-corrected chi connectivity index (χ0v) is 10.3. The first-order valence-corrected chi connectivity index (χ1v) is 6.33. The molecule has 1 aromatic carbocycles. The standard InChI is InChI=1S/C12H17BrN2/c13-9-5-7-10(8-6-9)15-12-4-2-1-3-11(12)14/h5-8,11-12,15H,1-4,14H2. The lowest BCUT2D eigenvalue weighted by Crippen LogP contribution is -2.42. The van der Waals surface area contributed by atoms with Crippen LogP contribution in [-0.2, 0) is 0 Å². The highest BCUT2D eigenvalue weighted by Gasteiger charge is 2.21. The summed E-state index contributed by atoms with van der Waals surface area (Å²) in [4.78, 5) is 0. The molecule has 2 unspecified atom stereocenters. The van der Waals surface area contributed by atoms with Gasteiger partial charge in [-0.05, 0) is 37.1 Å². The molecular formula is C12H17BrN2. The van der Waals surface area contributed by atoms with E-state index in [0.717, 1.165) is 10.9 Å². The number of benzene rings is 1. The average molecular weight is 269 g/mol. The molecule has 0 saturated heterocycles. The van der Waals surface area contributed by atoms with Crippen molar-refractivity contribution in [2.45, 2.75) is 37.8 Å². The second kappa shape index (κ2) is 4.99. The topological polar surface area (TPSA) is 38.0 Å². The zero-order chi connectivity index (χ0) is 10.7. The molecule has 1 saturated carbocycles. The Hall–Kier alpha value is -0.540. The van der Waals surface area contributed by atoms with Crippen molar-refractivity contribution >= 4 is 21.6 Å². The van der Waals surface area contributed by atoms with Crippen LogP contribution in [0.3, 0.4) is 0 Å². The third-order valence-electron chi connectivity index (χ3n) is 3.02. The van der Waals surface area contributed by atoms with Gasteiger partial charge >= 0.3 is 0 Å². The van der Waals surface area contributed by atoms with Gasteiger partial charge in [0.25, 0.3) is 0 Å². The number of nitrogens with two attached hydrogens (primary N) is 1. The minimum atomic E-state index is 0.308. The fourth-order valence-corrected chi connectivity index (χ4v) is 2.36. The van der Waals surface area contributed by atoms with Crippen LogP contribution in [-0.4, -0.2) is 12.1 Å². The maximum atomic E-state index is 6.08. The Labute approximate surface area is 99.4 Å². The van der Waals surface area contributed by atoms with E-state index in [1.54, 1.807) is 0 Å². The highest BCUT2D eigenvalue weighted by atomic mass is 79.9. The first-order valence-electron chi connectivity index (χ1n) is 5.53. The zero-order valence-electron chi connectivity index (χ0n) is 8.75. The Bertz CT molecular complexity index is 310. The fourth-order valence-electron chi connectivity index (χ4n) is 2.10. The van der Waals surface area contributed by atoms with Crippen LogP contribution in [0.5, 0.6) is 0 Å². The van der Waals surface area contributed by atoms with E-state index < -0.39 is 0 Å². The lowest BCUT2D eigenvalue weighted by molar-refractivity contribution is 0.404. The predicted molar refractivity (Wildman–Crippen MR) is 68.0 cm³/mol. The van der Waals surface area contributed by atoms with Gasteiger partial charge in [0.2, 0.25) is 0 Å². The molecule has 0 radical (unpaired) electrons. The van der Waals surface area contributed by atoms with Gasteiger partial charge in [-0.2, -0.15) is 0 Å². The van der Waals surface area contributed by atoms with Gasteiger partial charge in [0.15, 0.2) is 0 Å². The largest absolute Gasteiger partial charge is 0.381 e. The lowest BCUT2D eigenvalue weighted by atomic mass is 9.91. The smallest absolute Gasteiger partial charge is 0.0412 e. The van der Waals surface area contributed by atoms with Gasteiger partial charge in [-0.25, -0.2) is 0 Å². The summed E-state index contributed by atoms with van der Waals surface area (Å²) in [6.07, 6.45) is 4.91. The van der Waals surface area contributed by atoms with Crippen LogP contribution in [0.2, 0.25) is 0 Å². The van der Waals surface area contributed by atoms with Crippen molar-refractivity contribution in [3.63, 3.8) is 0 Å². The molecule has 1 aromatic rings. The molecule has 82 valence electrons. The quantitative estimate of drug-likeness (QED) is 0.865. The van der Waals surface area contributed by atoms with Crippen LogP contribution < -0.4 is 11.1 Å². The van der Waals surface area contributed by atoms with Crippen LogP contribution in [0.1, 0.15) is 25.7 Å². The summed E-state index contributed by atoms with van der Waals surface area (Å²) in [7, 11) is 0. The fraction of sp³-hybridized carbons (Fsp3) is 0.500. The first-order chi connectivity index (χ1) is 7.25. The van der Waals surface area contributed by atoms with E-state index in [9.17, 15) is 0 Å². The molecule has 0 spiro atoms. The van der Waals surface area contributed by atoms with Gasteiger partial charge in [-0.1, -0.05) is 28.8 Å². The molecule has 2 atom stereocenters. The van der Waals surface area contributed by atoms with Gasteiger partial charge in [0.1, 0.15) is 0 Å². The van der Waals surface area contributed by atoms with Crippen molar-refractivity contribution in [1.29, 1.82) is 0 Å². The van der Waals surface area contributed by atoms with E-state index in [1.807, 2.05) is 0 Å². The van der Waals surface area contributed by atoms with E-state index in [-0.39, 0.29) is 0 Å². The minimum Gasteiger partial charge on any atom is -0.381 e. The average Bonchev–Trinajstić information content (AvgIpc) is 2.25. The maximum Gasteiger partial charge on any atom is 0.0412 e. The number of hydrogen-bond donors (Lipinski definition) is 2. The monoisotopic (exact) mass is 268 g/mol. The van der Waals surface area contributed by atoms with E-state index in [2.05, 4.69) is 45.5 Å². The Morgan fingerprint density at radius 1 is 1.13 bits per heavy atom. The summed E-state index contributed by atoms with van der Waals surface area (Å²) in [6, 6.07) is 9.03.